The molecule has 0 aliphatic heterocycles. The largest absolute Gasteiger partial charge is 0.361 e. The van der Waals surface area contributed by atoms with Crippen molar-refractivity contribution in [2.24, 2.45) is 5.10 Å². The Balaban J connectivity index is 1.44. The number of thiophene rings is 1. The van der Waals surface area contributed by atoms with Gasteiger partial charge in [-0.15, -0.1) is 11.3 Å². The summed E-state index contributed by atoms with van der Waals surface area (Å²) in [4.78, 5) is 17.8. The Morgan fingerprint density at radius 1 is 1.29 bits per heavy atom. The predicted octanol–water partition coefficient (Wildman–Crippen LogP) is 4.43. The number of hydrogen-bond acceptors (Lipinski definition) is 3. The molecule has 0 saturated heterocycles. The summed E-state index contributed by atoms with van der Waals surface area (Å²) in [5.41, 5.74) is 4.04. The molecule has 0 saturated carbocycles. The zero-order chi connectivity index (χ0) is 16.4. The van der Waals surface area contributed by atoms with E-state index >= 15 is 0 Å². The van der Waals surface area contributed by atoms with Crippen molar-refractivity contribution in [3.8, 4) is 0 Å². The summed E-state index contributed by atoms with van der Waals surface area (Å²) >= 11 is 1.72. The van der Waals surface area contributed by atoms with Crippen molar-refractivity contribution >= 4 is 34.4 Å². The Morgan fingerprint density at radius 3 is 3.12 bits per heavy atom. The number of carbonyl (C=O) groups excluding carboxylic acids is 1. The number of aromatic amines is 1. The predicted molar refractivity (Wildman–Crippen MR) is 98.8 cm³/mol. The second-order valence-electron chi connectivity index (χ2n) is 5.80. The number of nitrogens with zero attached hydrogens (tertiary/aromatic N) is 1. The molecule has 0 bridgehead atoms. The number of hydrogen-bond donors (Lipinski definition) is 2. The van der Waals surface area contributed by atoms with Crippen molar-refractivity contribution in [1.82, 2.24) is 10.4 Å². The number of para-hydroxylation sites is 1. The summed E-state index contributed by atoms with van der Waals surface area (Å²) in [6.07, 6.45) is 10.4. The Kier molecular flexibility index (Phi) is 4.01. The molecule has 0 fully saturated rings. The molecule has 1 aliphatic carbocycles. The van der Waals surface area contributed by atoms with Crippen LogP contribution in [0.4, 0.5) is 0 Å². The van der Waals surface area contributed by atoms with Crippen LogP contribution in [0.25, 0.3) is 10.9 Å². The molecule has 5 heteroatoms. The highest BCUT2D eigenvalue weighted by atomic mass is 32.1. The van der Waals surface area contributed by atoms with E-state index in [0.717, 1.165) is 22.2 Å². The van der Waals surface area contributed by atoms with Crippen molar-refractivity contribution in [2.75, 3.05) is 0 Å². The van der Waals surface area contributed by atoms with Gasteiger partial charge in [0.25, 0.3) is 5.91 Å². The number of rotatable bonds is 4. The van der Waals surface area contributed by atoms with Gasteiger partial charge in [0.1, 0.15) is 0 Å². The molecule has 0 spiro atoms. The zero-order valence-corrected chi connectivity index (χ0v) is 13.8. The minimum absolute atomic E-state index is 0.213. The summed E-state index contributed by atoms with van der Waals surface area (Å²) in [6, 6.07) is 11.8. The molecular formula is C19H17N3OS. The van der Waals surface area contributed by atoms with E-state index in [-0.39, 0.29) is 5.91 Å². The quantitative estimate of drug-likeness (QED) is 0.414. The number of nitrogens with one attached hydrogen (secondary N) is 2. The van der Waals surface area contributed by atoms with Crippen LogP contribution in [0.5, 0.6) is 0 Å². The van der Waals surface area contributed by atoms with Gasteiger partial charge in [-0.1, -0.05) is 24.3 Å². The van der Waals surface area contributed by atoms with Crippen LogP contribution in [-0.2, 0) is 0 Å². The lowest BCUT2D eigenvalue weighted by molar-refractivity contribution is 0.0956. The van der Waals surface area contributed by atoms with Gasteiger partial charge in [0, 0.05) is 27.3 Å². The summed E-state index contributed by atoms with van der Waals surface area (Å²) in [7, 11) is 0. The van der Waals surface area contributed by atoms with Gasteiger partial charge in [0.15, 0.2) is 0 Å². The standard InChI is InChI=1S/C19H17N3OS/c23-19(16-7-3-6-14-10-11-20-18(14)16)22-21-12-15-8-9-17(24-15)13-4-1-2-5-13/h1,3-4,6-13,20H,2,5H2,(H,22,23)/b21-12-/t13-/m1/s1. The SMILES string of the molecule is O=C(N/N=C\c1ccc([C@@H]2C=CCC2)s1)c1cccc2cc[nH]c12. The van der Waals surface area contributed by atoms with E-state index in [0.29, 0.717) is 11.5 Å². The molecule has 4 rings (SSSR count). The van der Waals surface area contributed by atoms with Crippen molar-refractivity contribution in [3.05, 3.63) is 70.1 Å². The Labute approximate surface area is 143 Å². The lowest BCUT2D eigenvalue weighted by atomic mass is 10.1. The lowest BCUT2D eigenvalue weighted by Crippen LogP contribution is -2.17. The Morgan fingerprint density at radius 2 is 2.25 bits per heavy atom. The Bertz CT molecular complexity index is 935. The molecule has 2 N–H and O–H groups in total. The van der Waals surface area contributed by atoms with Crippen LogP contribution in [0, 0.1) is 0 Å². The third-order valence-electron chi connectivity index (χ3n) is 4.22. The zero-order valence-electron chi connectivity index (χ0n) is 13.0. The van der Waals surface area contributed by atoms with Gasteiger partial charge in [-0.05, 0) is 37.1 Å². The van der Waals surface area contributed by atoms with Crippen LogP contribution >= 0.6 is 11.3 Å². The number of amides is 1. The minimum atomic E-state index is -0.213. The second kappa shape index (κ2) is 6.45. The van der Waals surface area contributed by atoms with E-state index < -0.39 is 0 Å². The van der Waals surface area contributed by atoms with E-state index in [1.807, 2.05) is 30.5 Å². The molecule has 1 amide bonds. The van der Waals surface area contributed by atoms with Gasteiger partial charge >= 0.3 is 0 Å². The first-order valence-corrected chi connectivity index (χ1v) is 8.79. The lowest BCUT2D eigenvalue weighted by Gasteiger charge is -2.02. The highest BCUT2D eigenvalue weighted by Gasteiger charge is 2.13. The van der Waals surface area contributed by atoms with Gasteiger partial charge in [-0.2, -0.15) is 5.10 Å². The van der Waals surface area contributed by atoms with Gasteiger partial charge in [-0.25, -0.2) is 5.43 Å². The monoisotopic (exact) mass is 335 g/mol. The van der Waals surface area contributed by atoms with Gasteiger partial charge in [-0.3, -0.25) is 4.79 Å². The van der Waals surface area contributed by atoms with Crippen LogP contribution in [0.15, 0.2) is 59.8 Å². The molecule has 3 aromatic rings. The molecule has 1 aromatic carbocycles. The van der Waals surface area contributed by atoms with Crippen molar-refractivity contribution in [3.63, 3.8) is 0 Å². The molecule has 1 atom stereocenters. The maximum atomic E-state index is 12.3. The first kappa shape index (κ1) is 14.9. The minimum Gasteiger partial charge on any atom is -0.361 e. The molecule has 0 radical (unpaired) electrons. The number of H-pyrrole nitrogens is 1. The van der Waals surface area contributed by atoms with E-state index in [1.165, 1.54) is 11.3 Å². The molecule has 0 unspecified atom stereocenters. The number of carbonyl (C=O) groups is 1. The van der Waals surface area contributed by atoms with Gasteiger partial charge in [0.05, 0.1) is 17.3 Å². The number of allylic oxidation sites excluding steroid dienone is 2. The van der Waals surface area contributed by atoms with Crippen LogP contribution in [0.1, 0.15) is 38.9 Å². The highest BCUT2D eigenvalue weighted by molar-refractivity contribution is 7.13. The smallest absolute Gasteiger partial charge is 0.273 e. The van der Waals surface area contributed by atoms with E-state index in [2.05, 4.69) is 33.7 Å². The highest BCUT2D eigenvalue weighted by Crippen LogP contribution is 2.32. The first-order chi connectivity index (χ1) is 11.8. The van der Waals surface area contributed by atoms with E-state index in [9.17, 15) is 4.79 Å². The fraction of sp³-hybridized carbons (Fsp3) is 0.158. The van der Waals surface area contributed by atoms with Crippen molar-refractivity contribution in [1.29, 1.82) is 0 Å². The summed E-state index contributed by atoms with van der Waals surface area (Å²) < 4.78 is 0. The maximum Gasteiger partial charge on any atom is 0.273 e. The topological polar surface area (TPSA) is 57.2 Å². The average molecular weight is 335 g/mol. The van der Waals surface area contributed by atoms with E-state index in [4.69, 9.17) is 0 Å². The van der Waals surface area contributed by atoms with E-state index in [1.54, 1.807) is 23.6 Å². The second-order valence-corrected chi connectivity index (χ2v) is 6.95. The number of aromatic nitrogens is 1. The van der Waals surface area contributed by atoms with Crippen LogP contribution < -0.4 is 5.43 Å². The third-order valence-corrected chi connectivity index (χ3v) is 5.37. The molecule has 1 aliphatic rings. The van der Waals surface area contributed by atoms with Gasteiger partial charge in [0.2, 0.25) is 0 Å². The molecule has 120 valence electrons. The first-order valence-electron chi connectivity index (χ1n) is 7.97. The summed E-state index contributed by atoms with van der Waals surface area (Å²) in [5.74, 6) is 0.326. The maximum absolute atomic E-state index is 12.3. The van der Waals surface area contributed by atoms with Gasteiger partial charge < -0.3 is 4.98 Å². The molecule has 2 heterocycles. The fourth-order valence-electron chi connectivity index (χ4n) is 3.00. The van der Waals surface area contributed by atoms with Crippen LogP contribution in [0.2, 0.25) is 0 Å². The van der Waals surface area contributed by atoms with Crippen LogP contribution in [0.3, 0.4) is 0 Å². The Hall–Kier alpha value is -2.66. The van der Waals surface area contributed by atoms with Crippen molar-refractivity contribution < 1.29 is 4.79 Å². The van der Waals surface area contributed by atoms with Crippen LogP contribution in [-0.4, -0.2) is 17.1 Å². The number of fused-ring (bicyclic) bond motifs is 1. The average Bonchev–Trinajstić information content (AvgIpc) is 3.34. The molecular weight excluding hydrogens is 318 g/mol. The molecule has 24 heavy (non-hydrogen) atoms. The summed E-state index contributed by atoms with van der Waals surface area (Å²) in [6.45, 7) is 0. The summed E-state index contributed by atoms with van der Waals surface area (Å²) in [5, 5.41) is 5.12. The number of hydrazone groups is 1. The fourth-order valence-corrected chi connectivity index (χ4v) is 3.99. The van der Waals surface area contributed by atoms with Crippen molar-refractivity contribution in [2.45, 2.75) is 18.8 Å². The third kappa shape index (κ3) is 2.90. The molecule has 2 aromatic heterocycles. The number of benzene rings is 1. The molecule has 4 nitrogen and oxygen atoms in total. The normalized spacial score (nSPS) is 17.1.